The molecule has 170 valence electrons. The van der Waals surface area contributed by atoms with Crippen LogP contribution in [0.25, 0.3) is 0 Å². The average Bonchev–Trinajstić information content (AvgIpc) is 3.32. The van der Waals surface area contributed by atoms with Gasteiger partial charge >= 0.3 is 0 Å². The summed E-state index contributed by atoms with van der Waals surface area (Å²) in [5.74, 6) is 2.59. The molecule has 33 heavy (non-hydrogen) atoms. The molecule has 2 aliphatic heterocycles. The van der Waals surface area contributed by atoms with Gasteiger partial charge in [-0.1, -0.05) is 23.9 Å². The highest BCUT2D eigenvalue weighted by atomic mass is 32.2. The quantitative estimate of drug-likeness (QED) is 0.402. The fourth-order valence-electron chi connectivity index (χ4n) is 4.32. The molecular weight excluding hydrogens is 436 g/mol. The summed E-state index contributed by atoms with van der Waals surface area (Å²) in [6, 6.07) is 9.71. The van der Waals surface area contributed by atoms with Gasteiger partial charge in [0.15, 0.2) is 16.7 Å². The van der Waals surface area contributed by atoms with Gasteiger partial charge in [0.05, 0.1) is 12.1 Å². The number of carbonyl (C=O) groups excluding carboxylic acids is 1. The molecule has 0 saturated carbocycles. The molecule has 2 aromatic heterocycles. The number of likely N-dealkylation sites (tertiary alicyclic amines) is 1. The molecule has 7 nitrogen and oxygen atoms in total. The molecule has 1 fully saturated rings. The van der Waals surface area contributed by atoms with E-state index in [0.29, 0.717) is 18.7 Å². The molecule has 0 radical (unpaired) electrons. The number of ether oxygens (including phenoxy) is 2. The zero-order chi connectivity index (χ0) is 22.6. The van der Waals surface area contributed by atoms with E-state index >= 15 is 0 Å². The second kappa shape index (κ2) is 9.79. The van der Waals surface area contributed by atoms with Crippen molar-refractivity contribution in [3.63, 3.8) is 0 Å². The molecule has 1 aromatic carbocycles. The number of amides is 1. The first-order chi connectivity index (χ1) is 16.2. The third-order valence-corrected chi connectivity index (χ3v) is 6.97. The maximum Gasteiger partial charge on any atom is 0.231 e. The van der Waals surface area contributed by atoms with E-state index in [-0.39, 0.29) is 18.6 Å². The van der Waals surface area contributed by atoms with Crippen LogP contribution >= 0.6 is 11.8 Å². The van der Waals surface area contributed by atoms with Gasteiger partial charge in [-0.2, -0.15) is 0 Å². The zero-order valence-corrected chi connectivity index (χ0v) is 19.4. The van der Waals surface area contributed by atoms with E-state index in [0.717, 1.165) is 58.4 Å². The number of rotatable bonds is 6. The van der Waals surface area contributed by atoms with Gasteiger partial charge in [-0.25, -0.2) is 9.97 Å². The van der Waals surface area contributed by atoms with Crippen molar-refractivity contribution in [1.29, 1.82) is 0 Å². The normalized spacial score (nSPS) is 17.2. The second-order valence-corrected chi connectivity index (χ2v) is 9.36. The maximum absolute atomic E-state index is 13.1. The minimum absolute atomic E-state index is 0.136. The van der Waals surface area contributed by atoms with Crippen LogP contribution in [0.15, 0.2) is 54.1 Å². The minimum Gasteiger partial charge on any atom is -0.454 e. The number of fused-ring (bicyclic) bond motifs is 1. The van der Waals surface area contributed by atoms with Crippen LogP contribution in [0.5, 0.6) is 11.5 Å². The van der Waals surface area contributed by atoms with Crippen molar-refractivity contribution >= 4 is 17.7 Å². The molecule has 8 heteroatoms. The Morgan fingerprint density at radius 3 is 2.97 bits per heavy atom. The molecule has 3 aromatic rings. The van der Waals surface area contributed by atoms with E-state index in [1.807, 2.05) is 41.6 Å². The van der Waals surface area contributed by atoms with Crippen LogP contribution < -0.4 is 9.47 Å². The molecule has 0 bridgehead atoms. The number of nitrogens with zero attached hydrogens (tertiary/aromatic N) is 4. The van der Waals surface area contributed by atoms with Crippen LogP contribution in [0.2, 0.25) is 0 Å². The summed E-state index contributed by atoms with van der Waals surface area (Å²) in [5, 5.41) is 0.767. The first-order valence-electron chi connectivity index (χ1n) is 11.2. The summed E-state index contributed by atoms with van der Waals surface area (Å²) in [5.41, 5.74) is 4.22. The first kappa shape index (κ1) is 21.7. The Morgan fingerprint density at radius 1 is 1.18 bits per heavy atom. The molecule has 1 amide bonds. The minimum atomic E-state index is 0.136. The van der Waals surface area contributed by atoms with Gasteiger partial charge in [0, 0.05) is 43.4 Å². The van der Waals surface area contributed by atoms with Gasteiger partial charge < -0.3 is 14.4 Å². The number of carbonyl (C=O) groups is 1. The fourth-order valence-corrected chi connectivity index (χ4v) is 5.07. The molecule has 0 unspecified atom stereocenters. The SMILES string of the molecule is Cc1cnc(SCc2cccnc2)nc1[C@@H]1CCCN(C(=O)Cc2ccc3c(c2)OCO3)C1. The van der Waals surface area contributed by atoms with Crippen molar-refractivity contribution in [2.45, 2.75) is 43.0 Å². The Balaban J connectivity index is 1.24. The number of hydrogen-bond acceptors (Lipinski definition) is 7. The number of hydrogen-bond donors (Lipinski definition) is 0. The van der Waals surface area contributed by atoms with Crippen LogP contribution in [0.3, 0.4) is 0 Å². The highest BCUT2D eigenvalue weighted by molar-refractivity contribution is 7.98. The monoisotopic (exact) mass is 462 g/mol. The van der Waals surface area contributed by atoms with Gasteiger partial charge in [-0.15, -0.1) is 0 Å². The van der Waals surface area contributed by atoms with Crippen LogP contribution in [0.4, 0.5) is 0 Å². The Kier molecular flexibility index (Phi) is 6.44. The Labute approximate surface area is 197 Å². The highest BCUT2D eigenvalue weighted by Crippen LogP contribution is 2.33. The molecule has 2 aliphatic rings. The molecule has 0 aliphatic carbocycles. The standard InChI is InChI=1S/C25H26N4O3S/c1-17-12-27-25(33-15-19-4-2-8-26-13-19)28-24(17)20-5-3-9-29(14-20)23(30)11-18-6-7-21-22(10-18)32-16-31-21/h2,4,6-8,10,12-13,20H,3,5,9,11,14-16H2,1H3/t20-/m1/s1. The summed E-state index contributed by atoms with van der Waals surface area (Å²) < 4.78 is 10.8. The van der Waals surface area contributed by atoms with Crippen LogP contribution in [-0.2, 0) is 17.0 Å². The van der Waals surface area contributed by atoms with Crippen LogP contribution in [0, 0.1) is 6.92 Å². The van der Waals surface area contributed by atoms with Crippen LogP contribution in [-0.4, -0.2) is 45.6 Å². The van der Waals surface area contributed by atoms with E-state index in [4.69, 9.17) is 14.5 Å². The third-order valence-electron chi connectivity index (χ3n) is 6.03. The lowest BCUT2D eigenvalue weighted by molar-refractivity contribution is -0.131. The van der Waals surface area contributed by atoms with Crippen molar-refractivity contribution in [2.75, 3.05) is 19.9 Å². The highest BCUT2D eigenvalue weighted by Gasteiger charge is 2.27. The van der Waals surface area contributed by atoms with E-state index in [9.17, 15) is 4.79 Å². The van der Waals surface area contributed by atoms with Crippen molar-refractivity contribution < 1.29 is 14.3 Å². The number of piperidine rings is 1. The predicted octanol–water partition coefficient (Wildman–Crippen LogP) is 4.15. The van der Waals surface area contributed by atoms with E-state index in [1.165, 1.54) is 0 Å². The molecule has 1 atom stereocenters. The molecule has 1 saturated heterocycles. The number of thioether (sulfide) groups is 1. The lowest BCUT2D eigenvalue weighted by Gasteiger charge is -2.33. The van der Waals surface area contributed by atoms with E-state index < -0.39 is 0 Å². The van der Waals surface area contributed by atoms with E-state index in [1.54, 1.807) is 18.0 Å². The van der Waals surface area contributed by atoms with Gasteiger partial charge in [0.25, 0.3) is 0 Å². The smallest absolute Gasteiger partial charge is 0.231 e. The van der Waals surface area contributed by atoms with Gasteiger partial charge in [-0.3, -0.25) is 9.78 Å². The molecule has 0 spiro atoms. The Morgan fingerprint density at radius 2 is 2.09 bits per heavy atom. The maximum atomic E-state index is 13.1. The summed E-state index contributed by atoms with van der Waals surface area (Å²) in [7, 11) is 0. The number of aryl methyl sites for hydroxylation is 1. The molecule has 5 rings (SSSR count). The fraction of sp³-hybridized carbons (Fsp3) is 0.360. The first-order valence-corrected chi connectivity index (χ1v) is 12.2. The molecular formula is C25H26N4O3S. The zero-order valence-electron chi connectivity index (χ0n) is 18.6. The number of benzene rings is 1. The van der Waals surface area contributed by atoms with Gasteiger partial charge in [0.1, 0.15) is 0 Å². The van der Waals surface area contributed by atoms with Gasteiger partial charge in [-0.05, 0) is 54.7 Å². The lowest BCUT2D eigenvalue weighted by Crippen LogP contribution is -2.40. The Hall–Kier alpha value is -3.13. The van der Waals surface area contributed by atoms with Crippen molar-refractivity contribution in [1.82, 2.24) is 19.9 Å². The van der Waals surface area contributed by atoms with Gasteiger partial charge in [0.2, 0.25) is 12.7 Å². The average molecular weight is 463 g/mol. The summed E-state index contributed by atoms with van der Waals surface area (Å²) in [6.07, 6.45) is 7.90. The van der Waals surface area contributed by atoms with Crippen LogP contribution in [0.1, 0.15) is 41.1 Å². The third kappa shape index (κ3) is 5.11. The summed E-state index contributed by atoms with van der Waals surface area (Å²) >= 11 is 1.61. The predicted molar refractivity (Wildman–Crippen MR) is 125 cm³/mol. The van der Waals surface area contributed by atoms with Crippen molar-refractivity contribution in [3.8, 4) is 11.5 Å². The molecule has 0 N–H and O–H groups in total. The van der Waals surface area contributed by atoms with E-state index in [2.05, 4.69) is 23.0 Å². The lowest BCUT2D eigenvalue weighted by atomic mass is 9.92. The summed E-state index contributed by atoms with van der Waals surface area (Å²) in [4.78, 5) is 28.6. The van der Waals surface area contributed by atoms with Crippen molar-refractivity contribution in [2.24, 2.45) is 0 Å². The second-order valence-electron chi connectivity index (χ2n) is 8.41. The summed E-state index contributed by atoms with van der Waals surface area (Å²) in [6.45, 7) is 3.76. The number of aromatic nitrogens is 3. The Bertz CT molecular complexity index is 1140. The molecule has 4 heterocycles. The largest absolute Gasteiger partial charge is 0.454 e. The number of pyridine rings is 1. The van der Waals surface area contributed by atoms with Crippen molar-refractivity contribution in [3.05, 3.63) is 71.3 Å². The topological polar surface area (TPSA) is 77.4 Å².